The molecule has 0 saturated heterocycles. The largest absolute Gasteiger partial charge is 0.348 e. The molecule has 9 heteroatoms. The Morgan fingerprint density at radius 3 is 2.61 bits per heavy atom. The number of aromatic amines is 1. The van der Waals surface area contributed by atoms with E-state index in [1.54, 1.807) is 0 Å². The number of aromatic nitrogens is 2. The van der Waals surface area contributed by atoms with E-state index in [1.165, 1.54) is 18.2 Å². The van der Waals surface area contributed by atoms with Crippen LogP contribution in [0.1, 0.15) is 0 Å². The highest BCUT2D eigenvalue weighted by Gasteiger charge is 2.12. The molecule has 0 amide bonds. The number of benzene rings is 1. The first-order chi connectivity index (χ1) is 8.29. The van der Waals surface area contributed by atoms with Gasteiger partial charge in [0.05, 0.1) is 22.2 Å². The maximum Gasteiger partial charge on any atom is 0.348 e. The molecule has 96 valence electrons. The lowest BCUT2D eigenvalue weighted by Gasteiger charge is -2.07. The zero-order valence-corrected chi connectivity index (χ0v) is 10.7. The van der Waals surface area contributed by atoms with E-state index in [4.69, 9.17) is 11.6 Å². The van der Waals surface area contributed by atoms with Gasteiger partial charge in [-0.1, -0.05) is 17.7 Å². The third kappa shape index (κ3) is 2.24. The summed E-state index contributed by atoms with van der Waals surface area (Å²) in [6.45, 7) is 0. The number of hydrogen-bond donors (Lipinski definition) is 2. The number of H-pyrrole nitrogens is 1. The zero-order valence-electron chi connectivity index (χ0n) is 9.10. The molecule has 0 aliphatic rings. The summed E-state index contributed by atoms with van der Waals surface area (Å²) in [7, 11) is -3.74. The monoisotopic (exact) mass is 289 g/mol. The third-order valence-corrected chi connectivity index (χ3v) is 2.97. The predicted molar refractivity (Wildman–Crippen MR) is 68.0 cm³/mol. The number of sulfonamides is 1. The summed E-state index contributed by atoms with van der Waals surface area (Å²) in [4.78, 5) is 27.7. The normalized spacial score (nSPS) is 11.7. The van der Waals surface area contributed by atoms with Crippen molar-refractivity contribution in [1.29, 1.82) is 0 Å². The summed E-state index contributed by atoms with van der Waals surface area (Å²) < 4.78 is 22.5. The van der Waals surface area contributed by atoms with E-state index < -0.39 is 21.3 Å². The van der Waals surface area contributed by atoms with E-state index in [0.717, 1.165) is 6.26 Å². The molecule has 1 aromatic carbocycles. The zero-order chi connectivity index (χ0) is 13.5. The molecule has 18 heavy (non-hydrogen) atoms. The number of hydrogen-bond acceptors (Lipinski definition) is 4. The highest BCUT2D eigenvalue weighted by molar-refractivity contribution is 7.91. The van der Waals surface area contributed by atoms with Crippen molar-refractivity contribution in [3.63, 3.8) is 0 Å². The van der Waals surface area contributed by atoms with E-state index >= 15 is 0 Å². The second kappa shape index (κ2) is 4.14. The molecule has 0 aliphatic carbocycles. The first-order valence-corrected chi connectivity index (χ1v) is 6.98. The molecule has 0 spiro atoms. The first kappa shape index (κ1) is 12.7. The maximum atomic E-state index is 11.9. The van der Waals surface area contributed by atoms with Crippen molar-refractivity contribution in [3.05, 3.63) is 44.1 Å². The number of halogens is 1. The minimum absolute atomic E-state index is 0.109. The van der Waals surface area contributed by atoms with Crippen LogP contribution in [0.15, 0.2) is 27.8 Å². The molecule has 0 unspecified atom stereocenters. The van der Waals surface area contributed by atoms with Crippen LogP contribution in [-0.2, 0) is 10.0 Å². The Bertz CT molecular complexity index is 837. The van der Waals surface area contributed by atoms with E-state index in [1.807, 2.05) is 4.83 Å². The maximum absolute atomic E-state index is 11.9. The fraction of sp³-hybridized carbons (Fsp3) is 0.111. The Morgan fingerprint density at radius 1 is 1.33 bits per heavy atom. The quantitative estimate of drug-likeness (QED) is 0.802. The van der Waals surface area contributed by atoms with Gasteiger partial charge in [-0.15, -0.1) is 0 Å². The molecule has 0 atom stereocenters. The fourth-order valence-corrected chi connectivity index (χ4v) is 2.17. The molecular formula is C9H8ClN3O4S. The van der Waals surface area contributed by atoms with Gasteiger partial charge in [-0.05, 0) is 12.1 Å². The predicted octanol–water partition coefficient (Wildman–Crippen LogP) is -0.154. The Kier molecular flexibility index (Phi) is 2.91. The second-order valence-electron chi connectivity index (χ2n) is 3.60. The minimum atomic E-state index is -3.74. The van der Waals surface area contributed by atoms with Crippen molar-refractivity contribution in [2.24, 2.45) is 0 Å². The summed E-state index contributed by atoms with van der Waals surface area (Å²) in [5, 5.41) is 0.312. The van der Waals surface area contributed by atoms with Crippen LogP contribution in [0.5, 0.6) is 0 Å². The average molecular weight is 290 g/mol. The van der Waals surface area contributed by atoms with Crippen LogP contribution in [0.3, 0.4) is 0 Å². The Labute approximate surface area is 106 Å². The van der Waals surface area contributed by atoms with Crippen LogP contribution in [-0.4, -0.2) is 24.3 Å². The van der Waals surface area contributed by atoms with Crippen LogP contribution < -0.4 is 16.1 Å². The van der Waals surface area contributed by atoms with Gasteiger partial charge in [-0.25, -0.2) is 18.0 Å². The highest BCUT2D eigenvalue weighted by atomic mass is 35.5. The number of para-hydroxylation sites is 1. The molecule has 2 rings (SSSR count). The van der Waals surface area contributed by atoms with Gasteiger partial charge in [-0.3, -0.25) is 4.79 Å². The van der Waals surface area contributed by atoms with Gasteiger partial charge < -0.3 is 4.98 Å². The Balaban J connectivity index is 2.87. The highest BCUT2D eigenvalue weighted by Crippen LogP contribution is 2.16. The van der Waals surface area contributed by atoms with Gasteiger partial charge in [0.2, 0.25) is 10.0 Å². The van der Waals surface area contributed by atoms with Gasteiger partial charge in [0.1, 0.15) is 0 Å². The van der Waals surface area contributed by atoms with E-state index in [2.05, 4.69) is 4.98 Å². The number of rotatable bonds is 2. The number of fused-ring (bicyclic) bond motifs is 1. The van der Waals surface area contributed by atoms with Crippen LogP contribution in [0.25, 0.3) is 10.9 Å². The molecular weight excluding hydrogens is 282 g/mol. The van der Waals surface area contributed by atoms with Gasteiger partial charge in [-0.2, -0.15) is 4.68 Å². The standard InChI is InChI=1S/C9H8ClN3O4S/c1-18(16,17)12-13-8(14)5-3-2-4-6(10)7(5)11-9(13)15/h2-4,12H,1H3,(H,11,15). The topological polar surface area (TPSA) is 101 Å². The average Bonchev–Trinajstić information content (AvgIpc) is 2.25. The van der Waals surface area contributed by atoms with Gasteiger partial charge in [0, 0.05) is 0 Å². The van der Waals surface area contributed by atoms with Gasteiger partial charge >= 0.3 is 5.69 Å². The van der Waals surface area contributed by atoms with Crippen molar-refractivity contribution >= 4 is 32.5 Å². The molecule has 2 N–H and O–H groups in total. The van der Waals surface area contributed by atoms with Crippen molar-refractivity contribution in [1.82, 2.24) is 9.66 Å². The van der Waals surface area contributed by atoms with E-state index in [0.29, 0.717) is 4.68 Å². The lowest BCUT2D eigenvalue weighted by molar-refractivity contribution is 0.598. The second-order valence-corrected chi connectivity index (χ2v) is 5.73. The van der Waals surface area contributed by atoms with Gasteiger partial charge in [0.25, 0.3) is 5.56 Å². The smallest absolute Gasteiger partial charge is 0.304 e. The van der Waals surface area contributed by atoms with Crippen LogP contribution >= 0.6 is 11.6 Å². The molecule has 7 nitrogen and oxygen atoms in total. The molecule has 0 bridgehead atoms. The fourth-order valence-electron chi connectivity index (χ4n) is 1.45. The number of nitrogens with zero attached hydrogens (tertiary/aromatic N) is 1. The Morgan fingerprint density at radius 2 is 2.00 bits per heavy atom. The molecule has 1 aromatic heterocycles. The van der Waals surface area contributed by atoms with Crippen LogP contribution in [0.4, 0.5) is 0 Å². The lowest BCUT2D eigenvalue weighted by atomic mass is 10.2. The van der Waals surface area contributed by atoms with E-state index in [9.17, 15) is 18.0 Å². The molecule has 0 radical (unpaired) electrons. The Hall–Kier alpha value is -1.80. The molecule has 2 aromatic rings. The summed E-state index contributed by atoms with van der Waals surface area (Å²) in [5.74, 6) is 0. The minimum Gasteiger partial charge on any atom is -0.304 e. The van der Waals surface area contributed by atoms with Gasteiger partial charge in [0.15, 0.2) is 0 Å². The first-order valence-electron chi connectivity index (χ1n) is 4.71. The molecule has 0 fully saturated rings. The molecule has 1 heterocycles. The van der Waals surface area contributed by atoms with Crippen molar-refractivity contribution in [3.8, 4) is 0 Å². The molecule has 0 saturated carbocycles. The molecule has 0 aliphatic heterocycles. The SMILES string of the molecule is CS(=O)(=O)Nn1c(=O)[nH]c2c(Cl)cccc2c1=O. The number of nitrogens with one attached hydrogen (secondary N) is 2. The van der Waals surface area contributed by atoms with Crippen molar-refractivity contribution in [2.45, 2.75) is 0 Å². The summed E-state index contributed by atoms with van der Waals surface area (Å²) in [6, 6.07) is 4.46. The summed E-state index contributed by atoms with van der Waals surface area (Å²) in [5.41, 5.74) is -1.53. The van der Waals surface area contributed by atoms with E-state index in [-0.39, 0.29) is 15.9 Å². The summed E-state index contributed by atoms with van der Waals surface area (Å²) in [6.07, 6.45) is 0.834. The third-order valence-electron chi connectivity index (χ3n) is 2.14. The lowest BCUT2D eigenvalue weighted by Crippen LogP contribution is -2.43. The van der Waals surface area contributed by atoms with Crippen LogP contribution in [0, 0.1) is 0 Å². The van der Waals surface area contributed by atoms with Crippen molar-refractivity contribution in [2.75, 3.05) is 11.1 Å². The van der Waals surface area contributed by atoms with Crippen LogP contribution in [0.2, 0.25) is 5.02 Å². The van der Waals surface area contributed by atoms with Crippen molar-refractivity contribution < 1.29 is 8.42 Å². The summed E-state index contributed by atoms with van der Waals surface area (Å²) >= 11 is 5.83.